The van der Waals surface area contributed by atoms with Crippen LogP contribution >= 0.6 is 15.2 Å². The van der Waals surface area contributed by atoms with Crippen LogP contribution in [0.5, 0.6) is 0 Å². The molecule has 16 heavy (non-hydrogen) atoms. The van der Waals surface area contributed by atoms with Gasteiger partial charge in [-0.15, -0.1) is 6.58 Å². The van der Waals surface area contributed by atoms with E-state index < -0.39 is 26.7 Å². The van der Waals surface area contributed by atoms with Crippen LogP contribution in [0.1, 0.15) is 25.7 Å². The van der Waals surface area contributed by atoms with E-state index in [-0.39, 0.29) is 6.42 Å². The Morgan fingerprint density at radius 1 is 1.06 bits per heavy atom. The lowest BCUT2D eigenvalue weighted by Crippen LogP contribution is -2.28. The monoisotopic (exact) mass is 274 g/mol. The van der Waals surface area contributed by atoms with Crippen LogP contribution in [0, 0.1) is 0 Å². The summed E-state index contributed by atoms with van der Waals surface area (Å²) < 4.78 is 21.8. The largest absolute Gasteiger partial charge is 0.369 e. The fourth-order valence-corrected chi connectivity index (χ4v) is 3.37. The Kier molecular flexibility index (Phi) is 5.56. The molecule has 0 aliphatic heterocycles. The molecule has 0 saturated heterocycles. The van der Waals surface area contributed by atoms with Crippen LogP contribution in [0.25, 0.3) is 0 Å². The molecule has 7 nitrogen and oxygen atoms in total. The van der Waals surface area contributed by atoms with Gasteiger partial charge in [0.25, 0.3) is 5.08 Å². The Hall–Kier alpha value is -0.0000000000000000416. The highest BCUT2D eigenvalue weighted by atomic mass is 31.2. The van der Waals surface area contributed by atoms with Gasteiger partial charge in [-0.1, -0.05) is 6.08 Å². The second-order valence-corrected chi connectivity index (χ2v) is 7.41. The lowest BCUT2D eigenvalue weighted by atomic mass is 10.2. The molecule has 0 fully saturated rings. The van der Waals surface area contributed by atoms with Gasteiger partial charge >= 0.3 is 15.2 Å². The summed E-state index contributed by atoms with van der Waals surface area (Å²) in [7, 11) is -10.6. The predicted octanol–water partition coefficient (Wildman–Crippen LogP) is 0.734. The molecule has 9 heteroatoms. The topological polar surface area (TPSA) is 135 Å². The molecular formula is C7H16O7P2. The van der Waals surface area contributed by atoms with Crippen LogP contribution in [0.4, 0.5) is 0 Å². The van der Waals surface area contributed by atoms with Crippen LogP contribution in [0.2, 0.25) is 0 Å². The summed E-state index contributed by atoms with van der Waals surface area (Å²) in [4.78, 5) is 35.1. The van der Waals surface area contributed by atoms with E-state index in [0.717, 1.165) is 0 Å². The van der Waals surface area contributed by atoms with Crippen LogP contribution < -0.4 is 0 Å². The number of hydrogen-bond donors (Lipinski definition) is 5. The molecule has 0 bridgehead atoms. The molecular weight excluding hydrogens is 258 g/mol. The van der Waals surface area contributed by atoms with Gasteiger partial charge in [0.05, 0.1) is 0 Å². The highest BCUT2D eigenvalue weighted by molar-refractivity contribution is 7.72. The van der Waals surface area contributed by atoms with Crippen molar-refractivity contribution in [2.45, 2.75) is 30.8 Å². The third-order valence-electron chi connectivity index (χ3n) is 2.10. The maximum Gasteiger partial charge on any atom is 0.369 e. The summed E-state index contributed by atoms with van der Waals surface area (Å²) in [5.74, 6) is 0. The quantitative estimate of drug-likeness (QED) is 0.262. The number of aliphatic hydroxyl groups is 1. The molecule has 0 aromatic rings. The lowest BCUT2D eigenvalue weighted by molar-refractivity contribution is 0.120. The minimum absolute atomic E-state index is 0.0821. The normalized spacial score (nSPS) is 13.8. The predicted molar refractivity (Wildman–Crippen MR) is 57.7 cm³/mol. The molecule has 0 rings (SSSR count). The molecule has 0 aliphatic rings. The molecule has 0 saturated carbocycles. The molecule has 96 valence electrons. The van der Waals surface area contributed by atoms with Gasteiger partial charge in [-0.3, -0.25) is 9.13 Å². The van der Waals surface area contributed by atoms with E-state index in [4.69, 9.17) is 19.6 Å². The molecule has 0 spiro atoms. The van der Waals surface area contributed by atoms with Crippen molar-refractivity contribution in [3.63, 3.8) is 0 Å². The van der Waals surface area contributed by atoms with Gasteiger partial charge in [0.1, 0.15) is 0 Å². The first kappa shape index (κ1) is 16.0. The Bertz CT molecular complexity index is 306. The lowest BCUT2D eigenvalue weighted by Gasteiger charge is -2.29. The van der Waals surface area contributed by atoms with Crippen molar-refractivity contribution >= 4 is 15.2 Å². The van der Waals surface area contributed by atoms with Gasteiger partial charge in [-0.05, 0) is 25.7 Å². The zero-order valence-electron chi connectivity index (χ0n) is 8.56. The zero-order chi connectivity index (χ0) is 13.0. The van der Waals surface area contributed by atoms with Crippen molar-refractivity contribution in [1.82, 2.24) is 0 Å². The summed E-state index contributed by atoms with van der Waals surface area (Å²) >= 11 is 0. The molecule has 5 N–H and O–H groups in total. The minimum Gasteiger partial charge on any atom is -0.368 e. The highest BCUT2D eigenvalue weighted by Gasteiger charge is 2.58. The Morgan fingerprint density at radius 3 is 1.81 bits per heavy atom. The Morgan fingerprint density at radius 2 is 1.50 bits per heavy atom. The van der Waals surface area contributed by atoms with Gasteiger partial charge in [-0.2, -0.15) is 0 Å². The molecule has 0 amide bonds. The average molecular weight is 274 g/mol. The maximum absolute atomic E-state index is 10.9. The van der Waals surface area contributed by atoms with E-state index in [1.165, 1.54) is 0 Å². The summed E-state index contributed by atoms with van der Waals surface area (Å²) in [5.41, 5.74) is 0. The average Bonchev–Trinajstić information content (AvgIpc) is 2.08. The number of rotatable bonds is 7. The van der Waals surface area contributed by atoms with Gasteiger partial charge < -0.3 is 24.7 Å². The van der Waals surface area contributed by atoms with Crippen LogP contribution in [0.15, 0.2) is 12.7 Å². The first-order chi connectivity index (χ1) is 7.06. The van der Waals surface area contributed by atoms with Crippen LogP contribution in [-0.4, -0.2) is 29.8 Å². The number of unbranched alkanes of at least 4 members (excludes halogenated alkanes) is 2. The van der Waals surface area contributed by atoms with Crippen molar-refractivity contribution in [2.75, 3.05) is 0 Å². The van der Waals surface area contributed by atoms with E-state index in [9.17, 15) is 14.2 Å². The fourth-order valence-electron chi connectivity index (χ4n) is 1.11. The molecule has 0 aromatic heterocycles. The summed E-state index contributed by atoms with van der Waals surface area (Å²) in [6, 6.07) is 0. The Labute approximate surface area is 93.1 Å². The smallest absolute Gasteiger partial charge is 0.368 e. The summed E-state index contributed by atoms with van der Waals surface area (Å²) in [6.45, 7) is 3.42. The van der Waals surface area contributed by atoms with E-state index in [1.807, 2.05) is 0 Å². The van der Waals surface area contributed by atoms with E-state index in [1.54, 1.807) is 6.08 Å². The van der Waals surface area contributed by atoms with Gasteiger partial charge in [0.15, 0.2) is 0 Å². The van der Waals surface area contributed by atoms with E-state index in [0.29, 0.717) is 12.8 Å². The zero-order valence-corrected chi connectivity index (χ0v) is 10.3. The molecule has 0 heterocycles. The van der Waals surface area contributed by atoms with Crippen molar-refractivity contribution in [3.8, 4) is 0 Å². The molecule has 0 atom stereocenters. The number of hydrogen-bond acceptors (Lipinski definition) is 3. The van der Waals surface area contributed by atoms with Crippen molar-refractivity contribution in [1.29, 1.82) is 0 Å². The molecule has 0 unspecified atom stereocenters. The second kappa shape index (κ2) is 5.56. The summed E-state index contributed by atoms with van der Waals surface area (Å²) in [5, 5.41) is 6.15. The first-order valence-corrected chi connectivity index (χ1v) is 7.73. The minimum atomic E-state index is -5.29. The van der Waals surface area contributed by atoms with E-state index in [2.05, 4.69) is 6.58 Å². The Balaban J connectivity index is 4.79. The third-order valence-corrected chi connectivity index (χ3v) is 5.98. The standard InChI is InChI=1S/C7H16O7P2/c1-2-3-4-5-6-7(8,15(9,10)11)16(12,13)14/h2,8H,1,3-6H2,(H2,9,10,11)(H2,12,13,14). The van der Waals surface area contributed by atoms with E-state index >= 15 is 0 Å². The fraction of sp³-hybridized carbons (Fsp3) is 0.714. The molecule has 0 aromatic carbocycles. The van der Waals surface area contributed by atoms with Crippen molar-refractivity contribution in [3.05, 3.63) is 12.7 Å². The van der Waals surface area contributed by atoms with Gasteiger partial charge in [0, 0.05) is 0 Å². The highest BCUT2D eigenvalue weighted by Crippen LogP contribution is 2.69. The van der Waals surface area contributed by atoms with Crippen molar-refractivity contribution in [2.24, 2.45) is 0 Å². The SMILES string of the molecule is C=CCCCCC(O)(P(=O)(O)O)P(=O)(O)O. The number of allylic oxidation sites excluding steroid dienone is 1. The van der Waals surface area contributed by atoms with Gasteiger partial charge in [-0.25, -0.2) is 0 Å². The van der Waals surface area contributed by atoms with Crippen LogP contribution in [0.3, 0.4) is 0 Å². The summed E-state index contributed by atoms with van der Waals surface area (Å²) in [6.07, 6.45) is 1.96. The maximum atomic E-state index is 10.9. The van der Waals surface area contributed by atoms with Crippen molar-refractivity contribution < 1.29 is 33.8 Å². The van der Waals surface area contributed by atoms with Crippen LogP contribution in [-0.2, 0) is 9.13 Å². The third kappa shape index (κ3) is 3.79. The molecule has 0 radical (unpaired) electrons. The molecule has 0 aliphatic carbocycles. The first-order valence-electron chi connectivity index (χ1n) is 4.51. The second-order valence-electron chi connectivity index (χ2n) is 3.40. The van der Waals surface area contributed by atoms with Gasteiger partial charge in [0.2, 0.25) is 0 Å².